The van der Waals surface area contributed by atoms with Gasteiger partial charge >= 0.3 is 0 Å². The number of rotatable bonds is 6. The molecule has 0 amide bonds. The number of hydrogen-bond acceptors (Lipinski definition) is 2. The van der Waals surface area contributed by atoms with Gasteiger partial charge in [0.1, 0.15) is 0 Å². The van der Waals surface area contributed by atoms with Crippen molar-refractivity contribution in [2.24, 2.45) is 0 Å². The molecule has 0 heterocycles. The van der Waals surface area contributed by atoms with Crippen LogP contribution in [0.25, 0.3) is 64.6 Å². The van der Waals surface area contributed by atoms with Crippen LogP contribution in [0.5, 0.6) is 0 Å². The maximum absolute atomic E-state index is 2.39. The molecule has 0 aliphatic heterocycles. The van der Waals surface area contributed by atoms with E-state index in [2.05, 4.69) is 228 Å². The van der Waals surface area contributed by atoms with Gasteiger partial charge in [-0.1, -0.05) is 146 Å². The Morgan fingerprint density at radius 3 is 1.21 bits per heavy atom. The fourth-order valence-corrected chi connectivity index (χ4v) is 8.80. The maximum atomic E-state index is 2.39. The van der Waals surface area contributed by atoms with E-state index in [1.54, 1.807) is 0 Å². The van der Waals surface area contributed by atoms with Crippen LogP contribution in [0.15, 0.2) is 218 Å². The molecule has 262 valence electrons. The summed E-state index contributed by atoms with van der Waals surface area (Å²) in [5.74, 6) is 0. The van der Waals surface area contributed by atoms with Crippen LogP contribution >= 0.6 is 0 Å². The van der Waals surface area contributed by atoms with Crippen LogP contribution in [0.1, 0.15) is 0 Å². The molecule has 0 radical (unpaired) electrons. The highest BCUT2D eigenvalue weighted by Crippen LogP contribution is 2.44. The van der Waals surface area contributed by atoms with Gasteiger partial charge in [-0.3, -0.25) is 0 Å². The molecule has 11 rings (SSSR count). The van der Waals surface area contributed by atoms with Gasteiger partial charge in [0, 0.05) is 34.1 Å². The smallest absolute Gasteiger partial charge is 0.0468 e. The Bertz CT molecular complexity index is 3190. The SMILES string of the molecule is c1ccc(N(c2ccccc2)c2ccc3c(ccc4c5ccc(N(c6ccccc6)c6ccc7c(ccc8ccccc87)c6)cc5c5ccccc5c34)c2)cc1. The predicted octanol–water partition coefficient (Wildman–Crippen LogP) is 15.5. The van der Waals surface area contributed by atoms with E-state index in [1.165, 1.54) is 64.6 Å². The molecule has 0 bridgehead atoms. The van der Waals surface area contributed by atoms with Crippen molar-refractivity contribution in [3.05, 3.63) is 218 Å². The van der Waals surface area contributed by atoms with Crippen LogP contribution in [0, 0.1) is 0 Å². The Labute approximate surface area is 325 Å². The molecule has 56 heavy (non-hydrogen) atoms. The highest BCUT2D eigenvalue weighted by atomic mass is 15.1. The minimum absolute atomic E-state index is 1.12. The zero-order valence-corrected chi connectivity index (χ0v) is 30.7. The van der Waals surface area contributed by atoms with E-state index < -0.39 is 0 Å². The zero-order chi connectivity index (χ0) is 37.0. The first-order chi connectivity index (χ1) is 27.8. The fourth-order valence-electron chi connectivity index (χ4n) is 8.80. The minimum Gasteiger partial charge on any atom is -0.310 e. The molecule has 0 saturated heterocycles. The summed E-state index contributed by atoms with van der Waals surface area (Å²) in [5.41, 5.74) is 6.78. The Morgan fingerprint density at radius 1 is 0.196 bits per heavy atom. The molecule has 2 heteroatoms. The summed E-state index contributed by atoms with van der Waals surface area (Å²) in [6.45, 7) is 0. The summed E-state index contributed by atoms with van der Waals surface area (Å²) in [6.07, 6.45) is 0. The lowest BCUT2D eigenvalue weighted by atomic mass is 9.90. The summed E-state index contributed by atoms with van der Waals surface area (Å²) < 4.78 is 0. The maximum Gasteiger partial charge on any atom is 0.0468 e. The van der Waals surface area contributed by atoms with Crippen molar-refractivity contribution in [2.45, 2.75) is 0 Å². The second kappa shape index (κ2) is 13.2. The molecular formula is C54H36N2. The standard InChI is InChI=1S/C54H36N2/c1-4-15-40(16-5-1)55(41-17-6-2-7-18-41)43-28-32-48-39(35-43)26-30-52-50-33-29-45(36-53(50)49-22-12-13-23-51(49)54(48)52)56(42-19-8-3-9-20-42)44-27-31-47-38(34-44)25-24-37-14-10-11-21-46(37)47/h1-36H. The van der Waals surface area contributed by atoms with Gasteiger partial charge in [-0.2, -0.15) is 0 Å². The highest BCUT2D eigenvalue weighted by Gasteiger charge is 2.18. The second-order valence-corrected chi connectivity index (χ2v) is 14.5. The molecule has 11 aromatic rings. The number of anilines is 6. The molecule has 0 aliphatic carbocycles. The van der Waals surface area contributed by atoms with Crippen LogP contribution < -0.4 is 9.80 Å². The normalized spacial score (nSPS) is 11.6. The van der Waals surface area contributed by atoms with E-state index in [-0.39, 0.29) is 0 Å². The van der Waals surface area contributed by atoms with Gasteiger partial charge in [-0.25, -0.2) is 0 Å². The van der Waals surface area contributed by atoms with Gasteiger partial charge in [-0.15, -0.1) is 0 Å². The summed E-state index contributed by atoms with van der Waals surface area (Å²) in [4.78, 5) is 4.72. The van der Waals surface area contributed by atoms with Crippen molar-refractivity contribution in [1.82, 2.24) is 0 Å². The lowest BCUT2D eigenvalue weighted by Crippen LogP contribution is -2.10. The van der Waals surface area contributed by atoms with Gasteiger partial charge in [0.25, 0.3) is 0 Å². The summed E-state index contributed by atoms with van der Waals surface area (Å²) in [7, 11) is 0. The average molecular weight is 713 g/mol. The summed E-state index contributed by atoms with van der Waals surface area (Å²) >= 11 is 0. The van der Waals surface area contributed by atoms with Crippen LogP contribution in [-0.4, -0.2) is 0 Å². The first-order valence-electron chi connectivity index (χ1n) is 19.3. The number of para-hydroxylation sites is 3. The largest absolute Gasteiger partial charge is 0.310 e. The van der Waals surface area contributed by atoms with Gasteiger partial charge in [0.15, 0.2) is 0 Å². The quantitative estimate of drug-likeness (QED) is 0.158. The van der Waals surface area contributed by atoms with Crippen LogP contribution in [-0.2, 0) is 0 Å². The number of nitrogens with zero attached hydrogens (tertiary/aromatic N) is 2. The van der Waals surface area contributed by atoms with Crippen molar-refractivity contribution in [1.29, 1.82) is 0 Å². The lowest BCUT2D eigenvalue weighted by molar-refractivity contribution is 1.29. The predicted molar refractivity (Wildman–Crippen MR) is 241 cm³/mol. The van der Waals surface area contributed by atoms with Crippen LogP contribution in [0.3, 0.4) is 0 Å². The van der Waals surface area contributed by atoms with Crippen molar-refractivity contribution in [2.75, 3.05) is 9.80 Å². The number of fused-ring (bicyclic) bond motifs is 11. The third-order valence-electron chi connectivity index (χ3n) is 11.3. The molecule has 0 atom stereocenters. The van der Waals surface area contributed by atoms with Crippen molar-refractivity contribution in [3.63, 3.8) is 0 Å². The zero-order valence-electron chi connectivity index (χ0n) is 30.7. The van der Waals surface area contributed by atoms with Crippen LogP contribution in [0.2, 0.25) is 0 Å². The van der Waals surface area contributed by atoms with E-state index in [1.807, 2.05) is 0 Å². The van der Waals surface area contributed by atoms with Gasteiger partial charge < -0.3 is 9.80 Å². The minimum atomic E-state index is 1.12. The number of hydrogen-bond donors (Lipinski definition) is 0. The molecule has 0 aromatic heterocycles. The van der Waals surface area contributed by atoms with Crippen molar-refractivity contribution in [3.8, 4) is 0 Å². The van der Waals surface area contributed by atoms with E-state index in [0.717, 1.165) is 34.1 Å². The molecule has 0 aliphatic rings. The first kappa shape index (κ1) is 32.0. The molecule has 2 nitrogen and oxygen atoms in total. The van der Waals surface area contributed by atoms with E-state index in [9.17, 15) is 0 Å². The van der Waals surface area contributed by atoms with Crippen molar-refractivity contribution < 1.29 is 0 Å². The van der Waals surface area contributed by atoms with E-state index in [0.29, 0.717) is 0 Å². The average Bonchev–Trinajstić information content (AvgIpc) is 3.27. The lowest BCUT2D eigenvalue weighted by Gasteiger charge is -2.27. The van der Waals surface area contributed by atoms with E-state index >= 15 is 0 Å². The Kier molecular flexibility index (Phi) is 7.53. The molecule has 0 spiro atoms. The Balaban J connectivity index is 1.10. The highest BCUT2D eigenvalue weighted by molar-refractivity contribution is 6.32. The molecule has 0 saturated carbocycles. The van der Waals surface area contributed by atoms with Gasteiger partial charge in [-0.05, 0) is 137 Å². The second-order valence-electron chi connectivity index (χ2n) is 14.5. The Hall–Kier alpha value is -7.42. The van der Waals surface area contributed by atoms with Crippen LogP contribution in [0.4, 0.5) is 34.1 Å². The first-order valence-corrected chi connectivity index (χ1v) is 19.3. The third-order valence-corrected chi connectivity index (χ3v) is 11.3. The third kappa shape index (κ3) is 5.26. The molecule has 0 unspecified atom stereocenters. The molecule has 11 aromatic carbocycles. The Morgan fingerprint density at radius 2 is 0.571 bits per heavy atom. The van der Waals surface area contributed by atoms with E-state index in [4.69, 9.17) is 0 Å². The van der Waals surface area contributed by atoms with Gasteiger partial charge in [0.2, 0.25) is 0 Å². The summed E-state index contributed by atoms with van der Waals surface area (Å²) in [6, 6.07) is 79.4. The van der Waals surface area contributed by atoms with Gasteiger partial charge in [0.05, 0.1) is 0 Å². The molecule has 0 fully saturated rings. The fraction of sp³-hybridized carbons (Fsp3) is 0. The monoisotopic (exact) mass is 712 g/mol. The summed E-state index contributed by atoms with van der Waals surface area (Å²) in [5, 5.41) is 15.1. The van der Waals surface area contributed by atoms with Crippen molar-refractivity contribution >= 4 is 98.8 Å². The number of benzene rings is 11. The topological polar surface area (TPSA) is 6.48 Å². The molecule has 0 N–H and O–H groups in total. The molecular weight excluding hydrogens is 677 g/mol.